The predicted molar refractivity (Wildman–Crippen MR) is 82.4 cm³/mol. The van der Waals surface area contributed by atoms with E-state index in [0.717, 1.165) is 25.1 Å². The lowest BCUT2D eigenvalue weighted by Crippen LogP contribution is -2.19. The summed E-state index contributed by atoms with van der Waals surface area (Å²) in [6, 6.07) is 5.64. The van der Waals surface area contributed by atoms with Gasteiger partial charge in [0.2, 0.25) is 0 Å². The Hall–Kier alpha value is -0.500. The molecule has 0 saturated heterocycles. The second kappa shape index (κ2) is 7.83. The number of nitrogens with one attached hydrogen (secondary N) is 1. The van der Waals surface area contributed by atoms with Gasteiger partial charge >= 0.3 is 0 Å². The molecule has 18 heavy (non-hydrogen) atoms. The van der Waals surface area contributed by atoms with Gasteiger partial charge in [-0.1, -0.05) is 55.6 Å². The minimum atomic E-state index is 0.507. The first kappa shape index (κ1) is 15.6. The second-order valence-corrected chi connectivity index (χ2v) is 5.63. The summed E-state index contributed by atoms with van der Waals surface area (Å²) in [6.45, 7) is 8.52. The topological polar surface area (TPSA) is 12.0 Å². The highest BCUT2D eigenvalue weighted by molar-refractivity contribution is 6.34. The largest absolute Gasteiger partial charge is 0.313 e. The van der Waals surface area contributed by atoms with Crippen molar-refractivity contribution in [1.82, 2.24) is 5.32 Å². The average molecular weight is 286 g/mol. The van der Waals surface area contributed by atoms with Crippen LogP contribution < -0.4 is 5.32 Å². The molecule has 0 bridgehead atoms. The Kier molecular flexibility index (Phi) is 6.77. The van der Waals surface area contributed by atoms with Crippen LogP contribution in [-0.2, 0) is 0 Å². The maximum absolute atomic E-state index is 6.01. The highest BCUT2D eigenvalue weighted by Crippen LogP contribution is 2.22. The standard InChI is InChI=1S/C15H21Cl2N/c1-4-5-18-10-13(11(2)3)6-12-7-14(16)9-15(17)8-12/h6-9,11,18H,4-5,10H2,1-3H3. The highest BCUT2D eigenvalue weighted by atomic mass is 35.5. The van der Waals surface area contributed by atoms with Crippen LogP contribution in [0.5, 0.6) is 0 Å². The molecule has 1 N–H and O–H groups in total. The van der Waals surface area contributed by atoms with E-state index in [2.05, 4.69) is 32.2 Å². The molecule has 0 heterocycles. The molecule has 0 fully saturated rings. The summed E-state index contributed by atoms with van der Waals surface area (Å²) in [5, 5.41) is 4.79. The van der Waals surface area contributed by atoms with Crippen LogP contribution in [0.25, 0.3) is 6.08 Å². The van der Waals surface area contributed by atoms with Gasteiger partial charge in [0.05, 0.1) is 0 Å². The van der Waals surface area contributed by atoms with Gasteiger partial charge in [0, 0.05) is 16.6 Å². The quantitative estimate of drug-likeness (QED) is 0.723. The average Bonchev–Trinajstić information content (AvgIpc) is 2.26. The van der Waals surface area contributed by atoms with Gasteiger partial charge in [-0.25, -0.2) is 0 Å². The summed E-state index contributed by atoms with van der Waals surface area (Å²) in [5.41, 5.74) is 2.43. The molecule has 0 spiro atoms. The summed E-state index contributed by atoms with van der Waals surface area (Å²) < 4.78 is 0. The summed E-state index contributed by atoms with van der Waals surface area (Å²) in [5.74, 6) is 0.507. The monoisotopic (exact) mass is 285 g/mol. The van der Waals surface area contributed by atoms with E-state index in [-0.39, 0.29) is 0 Å². The summed E-state index contributed by atoms with van der Waals surface area (Å²) >= 11 is 12.0. The molecule has 0 amide bonds. The first-order valence-corrected chi connectivity index (χ1v) is 7.15. The van der Waals surface area contributed by atoms with Crippen LogP contribution in [0.1, 0.15) is 32.8 Å². The molecule has 0 aliphatic heterocycles. The molecule has 0 atom stereocenters. The van der Waals surface area contributed by atoms with E-state index in [1.807, 2.05) is 12.1 Å². The van der Waals surface area contributed by atoms with E-state index < -0.39 is 0 Å². The molecule has 100 valence electrons. The maximum Gasteiger partial charge on any atom is 0.0426 e. The van der Waals surface area contributed by atoms with E-state index in [1.165, 1.54) is 5.57 Å². The van der Waals surface area contributed by atoms with Crippen molar-refractivity contribution in [2.24, 2.45) is 5.92 Å². The zero-order valence-electron chi connectivity index (χ0n) is 11.3. The fourth-order valence-corrected chi connectivity index (χ4v) is 2.25. The van der Waals surface area contributed by atoms with Crippen molar-refractivity contribution in [3.05, 3.63) is 39.4 Å². The molecule has 0 radical (unpaired) electrons. The third kappa shape index (κ3) is 5.43. The van der Waals surface area contributed by atoms with Gasteiger partial charge in [0.15, 0.2) is 0 Å². The smallest absolute Gasteiger partial charge is 0.0426 e. The predicted octanol–water partition coefficient (Wildman–Crippen LogP) is 5.03. The fraction of sp³-hybridized carbons (Fsp3) is 0.467. The molecule has 0 aliphatic carbocycles. The Morgan fingerprint density at radius 3 is 2.33 bits per heavy atom. The SMILES string of the molecule is CCCNCC(=Cc1cc(Cl)cc(Cl)c1)C(C)C. The fourth-order valence-electron chi connectivity index (χ4n) is 1.70. The molecule has 1 rings (SSSR count). The van der Waals surface area contributed by atoms with Crippen LogP contribution in [0.2, 0.25) is 10.0 Å². The third-order valence-electron chi connectivity index (χ3n) is 2.73. The molecule has 0 aliphatic rings. The van der Waals surface area contributed by atoms with Crippen molar-refractivity contribution in [2.45, 2.75) is 27.2 Å². The van der Waals surface area contributed by atoms with Crippen molar-refractivity contribution in [1.29, 1.82) is 0 Å². The van der Waals surface area contributed by atoms with Crippen LogP contribution in [0.3, 0.4) is 0 Å². The van der Waals surface area contributed by atoms with Gasteiger partial charge in [-0.05, 0) is 42.6 Å². The van der Waals surface area contributed by atoms with Gasteiger partial charge < -0.3 is 5.32 Å². The van der Waals surface area contributed by atoms with Crippen LogP contribution in [0, 0.1) is 5.92 Å². The number of rotatable bonds is 6. The Morgan fingerprint density at radius 1 is 1.22 bits per heavy atom. The summed E-state index contributed by atoms with van der Waals surface area (Å²) in [7, 11) is 0. The van der Waals surface area contributed by atoms with E-state index in [1.54, 1.807) is 6.07 Å². The van der Waals surface area contributed by atoms with Crippen molar-refractivity contribution >= 4 is 29.3 Å². The summed E-state index contributed by atoms with van der Waals surface area (Å²) in [4.78, 5) is 0. The first-order valence-electron chi connectivity index (χ1n) is 6.40. The Bertz CT molecular complexity index is 391. The lowest BCUT2D eigenvalue weighted by molar-refractivity contribution is 0.657. The Labute approximate surface area is 120 Å². The lowest BCUT2D eigenvalue weighted by atomic mass is 10.00. The van der Waals surface area contributed by atoms with Gasteiger partial charge in [0.1, 0.15) is 0 Å². The number of benzene rings is 1. The van der Waals surface area contributed by atoms with Gasteiger partial charge in [-0.15, -0.1) is 0 Å². The summed E-state index contributed by atoms with van der Waals surface area (Å²) in [6.07, 6.45) is 3.32. The molecule has 1 aromatic rings. The molecular formula is C15H21Cl2N. The molecule has 3 heteroatoms. The number of hydrogen-bond donors (Lipinski definition) is 1. The normalized spacial score (nSPS) is 12.2. The maximum atomic E-state index is 6.01. The van der Waals surface area contributed by atoms with Crippen molar-refractivity contribution in [3.8, 4) is 0 Å². The Morgan fingerprint density at radius 2 is 1.83 bits per heavy atom. The van der Waals surface area contributed by atoms with Crippen molar-refractivity contribution in [2.75, 3.05) is 13.1 Å². The molecule has 1 aromatic carbocycles. The minimum absolute atomic E-state index is 0.507. The zero-order chi connectivity index (χ0) is 13.5. The van der Waals surface area contributed by atoms with Crippen molar-refractivity contribution in [3.63, 3.8) is 0 Å². The van der Waals surface area contributed by atoms with E-state index >= 15 is 0 Å². The van der Waals surface area contributed by atoms with Crippen LogP contribution in [0.15, 0.2) is 23.8 Å². The lowest BCUT2D eigenvalue weighted by Gasteiger charge is -2.13. The van der Waals surface area contributed by atoms with Crippen LogP contribution in [-0.4, -0.2) is 13.1 Å². The van der Waals surface area contributed by atoms with Gasteiger partial charge in [0.25, 0.3) is 0 Å². The van der Waals surface area contributed by atoms with Gasteiger partial charge in [-0.3, -0.25) is 0 Å². The van der Waals surface area contributed by atoms with E-state index in [9.17, 15) is 0 Å². The number of halogens is 2. The van der Waals surface area contributed by atoms with Crippen molar-refractivity contribution < 1.29 is 0 Å². The Balaban J connectivity index is 2.86. The molecule has 1 nitrogen and oxygen atoms in total. The minimum Gasteiger partial charge on any atom is -0.313 e. The third-order valence-corrected chi connectivity index (χ3v) is 3.17. The first-order chi connectivity index (χ1) is 8.52. The molecule has 0 unspecified atom stereocenters. The zero-order valence-corrected chi connectivity index (χ0v) is 12.8. The second-order valence-electron chi connectivity index (χ2n) is 4.75. The van der Waals surface area contributed by atoms with E-state index in [4.69, 9.17) is 23.2 Å². The molecule has 0 saturated carbocycles. The number of hydrogen-bond acceptors (Lipinski definition) is 1. The van der Waals surface area contributed by atoms with Crippen LogP contribution >= 0.6 is 23.2 Å². The molecular weight excluding hydrogens is 265 g/mol. The highest BCUT2D eigenvalue weighted by Gasteiger charge is 2.04. The van der Waals surface area contributed by atoms with Crippen LogP contribution in [0.4, 0.5) is 0 Å². The van der Waals surface area contributed by atoms with E-state index in [0.29, 0.717) is 16.0 Å². The van der Waals surface area contributed by atoms with Gasteiger partial charge in [-0.2, -0.15) is 0 Å². The molecule has 0 aromatic heterocycles.